The normalized spacial score (nSPS) is 16.8. The zero-order chi connectivity index (χ0) is 27.2. The van der Waals surface area contributed by atoms with Crippen LogP contribution in [0.3, 0.4) is 0 Å². The first-order chi connectivity index (χ1) is 18.0. The second kappa shape index (κ2) is 10.1. The number of hydrogen-bond acceptors (Lipinski definition) is 4. The summed E-state index contributed by atoms with van der Waals surface area (Å²) in [6.45, 7) is 12.7. The lowest BCUT2D eigenvalue weighted by Crippen LogP contribution is -2.53. The number of aromatic hydroxyl groups is 1. The summed E-state index contributed by atoms with van der Waals surface area (Å²) >= 11 is 6.57. The minimum absolute atomic E-state index is 0.0142. The van der Waals surface area contributed by atoms with Gasteiger partial charge >= 0.3 is 0 Å². The summed E-state index contributed by atoms with van der Waals surface area (Å²) < 4.78 is 14.9. The van der Waals surface area contributed by atoms with E-state index in [0.29, 0.717) is 39.5 Å². The summed E-state index contributed by atoms with van der Waals surface area (Å²) in [4.78, 5) is 18.8. The maximum Gasteiger partial charge on any atom is 0.253 e. The Balaban J connectivity index is 1.44. The Bertz CT molecular complexity index is 1420. The predicted molar refractivity (Wildman–Crippen MR) is 154 cm³/mol. The Hall–Kier alpha value is -3.35. The van der Waals surface area contributed by atoms with Crippen molar-refractivity contribution in [2.75, 3.05) is 42.5 Å². The third-order valence-corrected chi connectivity index (χ3v) is 7.84. The van der Waals surface area contributed by atoms with Crippen LogP contribution in [0.15, 0.2) is 66.2 Å². The van der Waals surface area contributed by atoms with Crippen molar-refractivity contribution < 1.29 is 14.3 Å². The van der Waals surface area contributed by atoms with E-state index in [2.05, 4.69) is 36.6 Å². The number of piperazine rings is 1. The number of amides is 1. The highest BCUT2D eigenvalue weighted by molar-refractivity contribution is 6.34. The number of halogens is 2. The van der Waals surface area contributed by atoms with Gasteiger partial charge in [0, 0.05) is 60.7 Å². The molecule has 0 unspecified atom stereocenters. The molecule has 2 aliphatic rings. The van der Waals surface area contributed by atoms with Gasteiger partial charge in [0.1, 0.15) is 11.6 Å². The molecule has 1 N–H and O–H groups in total. The fourth-order valence-corrected chi connectivity index (χ4v) is 5.54. The van der Waals surface area contributed by atoms with Crippen molar-refractivity contribution in [3.63, 3.8) is 0 Å². The molecule has 0 atom stereocenters. The summed E-state index contributed by atoms with van der Waals surface area (Å²) in [7, 11) is 0. The molecule has 1 fully saturated rings. The maximum absolute atomic E-state index is 14.9. The number of hydrogen-bond donors (Lipinski definition) is 1. The first-order valence-electron chi connectivity index (χ1n) is 12.9. The van der Waals surface area contributed by atoms with Crippen LogP contribution in [-0.4, -0.2) is 54.2 Å². The Morgan fingerprint density at radius 3 is 2.16 bits per heavy atom. The van der Waals surface area contributed by atoms with Gasteiger partial charge in [-0.2, -0.15) is 0 Å². The van der Waals surface area contributed by atoms with Crippen LogP contribution in [0.2, 0.25) is 5.02 Å². The van der Waals surface area contributed by atoms with Crippen LogP contribution >= 0.6 is 11.6 Å². The quantitative estimate of drug-likeness (QED) is 0.404. The number of phenols is 1. The Kier molecular flexibility index (Phi) is 6.97. The summed E-state index contributed by atoms with van der Waals surface area (Å²) in [5.74, 6) is -0.554. The third-order valence-electron chi connectivity index (χ3n) is 7.54. The van der Waals surface area contributed by atoms with Gasteiger partial charge in [-0.3, -0.25) is 9.69 Å². The van der Waals surface area contributed by atoms with Gasteiger partial charge in [-0.05, 0) is 75.2 Å². The molecule has 198 valence electrons. The molecule has 7 heteroatoms. The van der Waals surface area contributed by atoms with E-state index in [9.17, 15) is 14.3 Å². The van der Waals surface area contributed by atoms with Gasteiger partial charge in [0.15, 0.2) is 0 Å². The molecular weight excluding hydrogens is 501 g/mol. The first kappa shape index (κ1) is 26.3. The molecule has 3 aromatic carbocycles. The van der Waals surface area contributed by atoms with E-state index >= 15 is 0 Å². The van der Waals surface area contributed by atoms with E-state index in [1.807, 2.05) is 24.3 Å². The van der Waals surface area contributed by atoms with E-state index in [4.69, 9.17) is 11.6 Å². The molecule has 5 nitrogen and oxygen atoms in total. The lowest BCUT2D eigenvalue weighted by atomic mass is 9.96. The zero-order valence-electron chi connectivity index (χ0n) is 22.3. The van der Waals surface area contributed by atoms with Crippen molar-refractivity contribution in [2.24, 2.45) is 0 Å². The Morgan fingerprint density at radius 2 is 1.58 bits per heavy atom. The van der Waals surface area contributed by atoms with Crippen LogP contribution < -0.4 is 9.80 Å². The lowest BCUT2D eigenvalue weighted by Gasteiger charge is -2.43. The van der Waals surface area contributed by atoms with Crippen molar-refractivity contribution in [1.29, 1.82) is 0 Å². The van der Waals surface area contributed by atoms with E-state index in [0.717, 1.165) is 37.4 Å². The minimum Gasteiger partial charge on any atom is -0.507 e. The largest absolute Gasteiger partial charge is 0.507 e. The van der Waals surface area contributed by atoms with Crippen LogP contribution in [0.1, 0.15) is 27.7 Å². The highest BCUT2D eigenvalue weighted by atomic mass is 35.5. The molecule has 0 radical (unpaired) electrons. The molecule has 2 heterocycles. The molecule has 0 aliphatic carbocycles. The molecule has 3 aromatic rings. The monoisotopic (exact) mass is 533 g/mol. The summed E-state index contributed by atoms with van der Waals surface area (Å²) in [6, 6.07) is 15.7. The molecule has 2 aliphatic heterocycles. The first-order valence-corrected chi connectivity index (χ1v) is 13.3. The van der Waals surface area contributed by atoms with Crippen LogP contribution in [0.5, 0.6) is 5.75 Å². The van der Waals surface area contributed by atoms with Gasteiger partial charge < -0.3 is 14.9 Å². The van der Waals surface area contributed by atoms with Gasteiger partial charge in [0.2, 0.25) is 0 Å². The van der Waals surface area contributed by atoms with Crippen molar-refractivity contribution in [3.8, 4) is 28.0 Å². The maximum atomic E-state index is 14.9. The van der Waals surface area contributed by atoms with E-state index in [1.54, 1.807) is 30.0 Å². The van der Waals surface area contributed by atoms with Crippen LogP contribution in [0.25, 0.3) is 22.3 Å². The number of carbonyl (C=O) groups is 1. The summed E-state index contributed by atoms with van der Waals surface area (Å²) in [5.41, 5.74) is 4.53. The molecule has 1 saturated heterocycles. The van der Waals surface area contributed by atoms with Crippen LogP contribution in [0, 0.1) is 5.82 Å². The lowest BCUT2D eigenvalue weighted by molar-refractivity contribution is -0.114. The number of anilines is 2. The SMILES string of the molecule is CC1=CCN(c2ccc(-c3cc(F)cc(-c4cccc(N5CCN(C(C)(C)C)CC5)c4)c3O)cc2Cl)C1=O. The molecular formula is C31H33ClFN3O2. The molecule has 0 aromatic heterocycles. The van der Waals surface area contributed by atoms with Gasteiger partial charge in [-0.15, -0.1) is 0 Å². The van der Waals surface area contributed by atoms with E-state index in [1.165, 1.54) is 12.1 Å². The zero-order valence-corrected chi connectivity index (χ0v) is 23.0. The molecule has 38 heavy (non-hydrogen) atoms. The predicted octanol–water partition coefficient (Wildman–Crippen LogP) is 6.73. The molecule has 5 rings (SSSR count). The van der Waals surface area contributed by atoms with Gasteiger partial charge in [0.25, 0.3) is 5.91 Å². The third kappa shape index (κ3) is 5.03. The second-order valence-electron chi connectivity index (χ2n) is 11.0. The molecule has 0 saturated carbocycles. The highest BCUT2D eigenvalue weighted by Gasteiger charge is 2.27. The van der Waals surface area contributed by atoms with Crippen molar-refractivity contribution in [3.05, 3.63) is 77.1 Å². The van der Waals surface area contributed by atoms with Crippen molar-refractivity contribution in [2.45, 2.75) is 33.2 Å². The van der Waals surface area contributed by atoms with E-state index < -0.39 is 5.82 Å². The number of nitrogens with zero attached hydrogens (tertiary/aromatic N) is 3. The topological polar surface area (TPSA) is 47.0 Å². The standard InChI is InChI=1S/C31H33ClFN3O2/c1-20-10-11-36(30(20)38)28-9-8-22(17-27(28)32)26-19-23(33)18-25(29(26)37)21-6-5-7-24(16-21)34-12-14-35(15-13-34)31(2,3)4/h5-10,16-19,37H,11-15H2,1-4H3. The molecule has 0 bridgehead atoms. The Labute approximate surface area is 228 Å². The number of rotatable bonds is 4. The number of carbonyl (C=O) groups excluding carboxylic acids is 1. The number of benzene rings is 3. The van der Waals surface area contributed by atoms with Gasteiger partial charge in [-0.25, -0.2) is 4.39 Å². The molecule has 1 amide bonds. The number of phenolic OH excluding ortho intramolecular Hbond substituents is 1. The average molecular weight is 534 g/mol. The summed E-state index contributed by atoms with van der Waals surface area (Å²) in [6.07, 6.45) is 1.86. The highest BCUT2D eigenvalue weighted by Crippen LogP contribution is 2.42. The smallest absolute Gasteiger partial charge is 0.253 e. The van der Waals surface area contributed by atoms with Crippen molar-refractivity contribution >= 4 is 28.9 Å². The van der Waals surface area contributed by atoms with Crippen LogP contribution in [-0.2, 0) is 4.79 Å². The van der Waals surface area contributed by atoms with Gasteiger partial charge in [0.05, 0.1) is 10.7 Å². The second-order valence-corrected chi connectivity index (χ2v) is 11.4. The average Bonchev–Trinajstić information content (AvgIpc) is 3.22. The van der Waals surface area contributed by atoms with Crippen LogP contribution in [0.4, 0.5) is 15.8 Å². The minimum atomic E-state index is -0.452. The Morgan fingerprint density at radius 1 is 0.921 bits per heavy atom. The molecule has 0 spiro atoms. The van der Waals surface area contributed by atoms with Gasteiger partial charge in [-0.1, -0.05) is 35.9 Å². The van der Waals surface area contributed by atoms with E-state index in [-0.39, 0.29) is 17.2 Å². The van der Waals surface area contributed by atoms with Crippen molar-refractivity contribution in [1.82, 2.24) is 4.90 Å². The summed E-state index contributed by atoms with van der Waals surface area (Å²) in [5, 5.41) is 11.7. The fraction of sp³-hybridized carbons (Fsp3) is 0.323. The fourth-order valence-electron chi connectivity index (χ4n) is 5.26.